The van der Waals surface area contributed by atoms with Gasteiger partial charge in [0.05, 0.1) is 6.61 Å². The second-order valence-electron chi connectivity index (χ2n) is 6.47. The minimum Gasteiger partial charge on any atom is -0.494 e. The summed E-state index contributed by atoms with van der Waals surface area (Å²) in [6.45, 7) is 12.9. The summed E-state index contributed by atoms with van der Waals surface area (Å²) in [5.74, 6) is 0.956. The summed E-state index contributed by atoms with van der Waals surface area (Å²) >= 11 is 0. The topological polar surface area (TPSA) is 24.5 Å². The lowest BCUT2D eigenvalue weighted by molar-refractivity contribution is 0.157. The molecule has 2 rings (SSSR count). The standard InChI is InChI=1S/C18H30N2O/c1-5-19-17(14-20-13-7-12-18(20,3)4)15-8-10-16(11-9-15)21-6-2/h8-11,17,19H,5-7,12-14H2,1-4H3. The molecule has 1 fully saturated rings. The molecule has 3 nitrogen and oxygen atoms in total. The van der Waals surface area contributed by atoms with E-state index in [0.29, 0.717) is 11.6 Å². The van der Waals surface area contributed by atoms with Gasteiger partial charge in [-0.3, -0.25) is 4.90 Å². The second-order valence-corrected chi connectivity index (χ2v) is 6.47. The normalized spacial score (nSPS) is 19.6. The van der Waals surface area contributed by atoms with E-state index >= 15 is 0 Å². The van der Waals surface area contributed by atoms with Crippen LogP contribution >= 0.6 is 0 Å². The first-order valence-corrected chi connectivity index (χ1v) is 8.28. The Hall–Kier alpha value is -1.06. The maximum atomic E-state index is 5.54. The van der Waals surface area contributed by atoms with Crippen molar-refractivity contribution >= 4 is 0 Å². The molecular weight excluding hydrogens is 260 g/mol. The van der Waals surface area contributed by atoms with Gasteiger partial charge in [0.25, 0.3) is 0 Å². The quantitative estimate of drug-likeness (QED) is 0.830. The van der Waals surface area contributed by atoms with Crippen molar-refractivity contribution in [3.05, 3.63) is 29.8 Å². The first kappa shape index (κ1) is 16.3. The molecule has 1 heterocycles. The van der Waals surface area contributed by atoms with Gasteiger partial charge in [0.2, 0.25) is 0 Å². The van der Waals surface area contributed by atoms with E-state index in [2.05, 4.69) is 55.3 Å². The van der Waals surface area contributed by atoms with Gasteiger partial charge in [0.1, 0.15) is 5.75 Å². The van der Waals surface area contributed by atoms with Crippen LogP contribution in [0.1, 0.15) is 52.1 Å². The summed E-state index contributed by atoms with van der Waals surface area (Å²) in [4.78, 5) is 2.62. The van der Waals surface area contributed by atoms with Crippen LogP contribution in [-0.2, 0) is 0 Å². The molecule has 0 aliphatic carbocycles. The van der Waals surface area contributed by atoms with E-state index < -0.39 is 0 Å². The number of likely N-dealkylation sites (tertiary alicyclic amines) is 1. The van der Waals surface area contributed by atoms with Gasteiger partial charge in [-0.2, -0.15) is 0 Å². The van der Waals surface area contributed by atoms with Crippen LogP contribution in [0.2, 0.25) is 0 Å². The average Bonchev–Trinajstić information content (AvgIpc) is 2.79. The van der Waals surface area contributed by atoms with E-state index in [9.17, 15) is 0 Å². The van der Waals surface area contributed by atoms with E-state index in [1.165, 1.54) is 24.9 Å². The van der Waals surface area contributed by atoms with Gasteiger partial charge >= 0.3 is 0 Å². The number of nitrogens with one attached hydrogen (secondary N) is 1. The molecule has 0 amide bonds. The molecule has 1 saturated heterocycles. The van der Waals surface area contributed by atoms with Crippen molar-refractivity contribution in [3.63, 3.8) is 0 Å². The highest BCUT2D eigenvalue weighted by Crippen LogP contribution is 2.30. The molecule has 1 aliphatic rings. The minimum atomic E-state index is 0.332. The third-order valence-electron chi connectivity index (χ3n) is 4.52. The van der Waals surface area contributed by atoms with E-state index in [0.717, 1.165) is 25.4 Å². The van der Waals surface area contributed by atoms with Gasteiger partial charge in [0, 0.05) is 18.1 Å². The lowest BCUT2D eigenvalue weighted by atomic mass is 10.00. The molecule has 1 atom stereocenters. The number of likely N-dealkylation sites (N-methyl/N-ethyl adjacent to an activating group) is 1. The predicted octanol–water partition coefficient (Wildman–Crippen LogP) is 3.61. The number of benzene rings is 1. The Balaban J connectivity index is 2.07. The molecular formula is C18H30N2O. The third kappa shape index (κ3) is 4.21. The molecule has 1 aromatic rings. The summed E-state index contributed by atoms with van der Waals surface area (Å²) < 4.78 is 5.54. The van der Waals surface area contributed by atoms with Crippen molar-refractivity contribution in [1.82, 2.24) is 10.2 Å². The van der Waals surface area contributed by atoms with E-state index in [1.54, 1.807) is 0 Å². The molecule has 3 heteroatoms. The van der Waals surface area contributed by atoms with Crippen LogP contribution in [0.4, 0.5) is 0 Å². The fourth-order valence-corrected chi connectivity index (χ4v) is 3.22. The number of hydrogen-bond acceptors (Lipinski definition) is 3. The van der Waals surface area contributed by atoms with Crippen molar-refractivity contribution < 1.29 is 4.74 Å². The second kappa shape index (κ2) is 7.28. The molecule has 0 saturated carbocycles. The van der Waals surface area contributed by atoms with Crippen molar-refractivity contribution in [2.45, 2.75) is 52.1 Å². The monoisotopic (exact) mass is 290 g/mol. The molecule has 21 heavy (non-hydrogen) atoms. The van der Waals surface area contributed by atoms with Gasteiger partial charge in [-0.05, 0) is 64.4 Å². The summed E-state index contributed by atoms with van der Waals surface area (Å²) in [5.41, 5.74) is 1.68. The highest BCUT2D eigenvalue weighted by molar-refractivity contribution is 5.29. The van der Waals surface area contributed by atoms with Crippen LogP contribution in [0.3, 0.4) is 0 Å². The van der Waals surface area contributed by atoms with E-state index in [-0.39, 0.29) is 0 Å². The lowest BCUT2D eigenvalue weighted by Crippen LogP contribution is -2.43. The number of nitrogens with zero attached hydrogens (tertiary/aromatic N) is 1. The van der Waals surface area contributed by atoms with Crippen molar-refractivity contribution in [1.29, 1.82) is 0 Å². The van der Waals surface area contributed by atoms with Crippen LogP contribution in [0.5, 0.6) is 5.75 Å². The fourth-order valence-electron chi connectivity index (χ4n) is 3.22. The minimum absolute atomic E-state index is 0.332. The average molecular weight is 290 g/mol. The summed E-state index contributed by atoms with van der Waals surface area (Å²) in [5, 5.41) is 3.63. The van der Waals surface area contributed by atoms with Gasteiger partial charge in [-0.25, -0.2) is 0 Å². The molecule has 118 valence electrons. The first-order chi connectivity index (χ1) is 10.1. The number of hydrogen-bond donors (Lipinski definition) is 1. The fraction of sp³-hybridized carbons (Fsp3) is 0.667. The Kier molecular flexibility index (Phi) is 5.65. The molecule has 1 unspecified atom stereocenters. The van der Waals surface area contributed by atoms with Crippen LogP contribution in [0.25, 0.3) is 0 Å². The Labute approximate surface area is 129 Å². The Morgan fingerprint density at radius 3 is 2.48 bits per heavy atom. The first-order valence-electron chi connectivity index (χ1n) is 8.28. The highest BCUT2D eigenvalue weighted by Gasteiger charge is 2.33. The zero-order valence-corrected chi connectivity index (χ0v) is 14.0. The molecule has 1 aromatic carbocycles. The van der Waals surface area contributed by atoms with Gasteiger partial charge in [-0.15, -0.1) is 0 Å². The van der Waals surface area contributed by atoms with Crippen LogP contribution < -0.4 is 10.1 Å². The summed E-state index contributed by atoms with van der Waals surface area (Å²) in [6, 6.07) is 8.95. The van der Waals surface area contributed by atoms with Gasteiger partial charge in [-0.1, -0.05) is 19.1 Å². The van der Waals surface area contributed by atoms with Crippen LogP contribution in [-0.4, -0.2) is 36.7 Å². The molecule has 0 aromatic heterocycles. The van der Waals surface area contributed by atoms with E-state index in [1.807, 2.05) is 6.92 Å². The van der Waals surface area contributed by atoms with Gasteiger partial charge in [0.15, 0.2) is 0 Å². The van der Waals surface area contributed by atoms with Crippen molar-refractivity contribution in [2.24, 2.45) is 0 Å². The third-order valence-corrected chi connectivity index (χ3v) is 4.52. The van der Waals surface area contributed by atoms with Crippen LogP contribution in [0, 0.1) is 0 Å². The largest absolute Gasteiger partial charge is 0.494 e. The number of rotatable bonds is 7. The lowest BCUT2D eigenvalue weighted by Gasteiger charge is -2.35. The Bertz CT molecular complexity index is 427. The maximum absolute atomic E-state index is 5.54. The zero-order chi connectivity index (χ0) is 15.3. The van der Waals surface area contributed by atoms with Crippen molar-refractivity contribution in [3.8, 4) is 5.75 Å². The predicted molar refractivity (Wildman–Crippen MR) is 88.9 cm³/mol. The maximum Gasteiger partial charge on any atom is 0.119 e. The molecule has 0 radical (unpaired) electrons. The Morgan fingerprint density at radius 1 is 1.24 bits per heavy atom. The van der Waals surface area contributed by atoms with Crippen molar-refractivity contribution in [2.75, 3.05) is 26.2 Å². The number of ether oxygens (including phenoxy) is 1. The smallest absolute Gasteiger partial charge is 0.119 e. The van der Waals surface area contributed by atoms with E-state index in [4.69, 9.17) is 4.74 Å². The Morgan fingerprint density at radius 2 is 1.95 bits per heavy atom. The van der Waals surface area contributed by atoms with Gasteiger partial charge < -0.3 is 10.1 Å². The molecule has 0 bridgehead atoms. The molecule has 1 N–H and O–H groups in total. The zero-order valence-electron chi connectivity index (χ0n) is 14.0. The summed E-state index contributed by atoms with van der Waals surface area (Å²) in [7, 11) is 0. The molecule has 1 aliphatic heterocycles. The van der Waals surface area contributed by atoms with Crippen LogP contribution in [0.15, 0.2) is 24.3 Å². The highest BCUT2D eigenvalue weighted by atomic mass is 16.5. The molecule has 0 spiro atoms. The summed E-state index contributed by atoms with van der Waals surface area (Å²) in [6.07, 6.45) is 2.62. The SMILES string of the molecule is CCNC(CN1CCCC1(C)C)c1ccc(OCC)cc1.